The Morgan fingerprint density at radius 2 is 1.86 bits per heavy atom. The highest BCUT2D eigenvalue weighted by Gasteiger charge is 2.21. The van der Waals surface area contributed by atoms with E-state index in [1.165, 1.54) is 11.8 Å². The molecule has 0 aliphatic heterocycles. The van der Waals surface area contributed by atoms with Crippen molar-refractivity contribution < 1.29 is 14.6 Å². The number of rotatable bonds is 9. The maximum absolute atomic E-state index is 11.3. The molecule has 1 atom stereocenters. The SMILES string of the molecule is CCCCOc1ccc(-c2nnc(SC(C)C(=O)O)n2-c2ccccc2)cc1. The summed E-state index contributed by atoms with van der Waals surface area (Å²) in [6, 6.07) is 17.4. The highest BCUT2D eigenvalue weighted by molar-refractivity contribution is 8.00. The van der Waals surface area contributed by atoms with Gasteiger partial charge in [-0.05, 0) is 49.7 Å². The minimum absolute atomic E-state index is 0.541. The predicted octanol–water partition coefficient (Wildman–Crippen LogP) is 4.68. The molecule has 0 fully saturated rings. The minimum atomic E-state index is -0.886. The van der Waals surface area contributed by atoms with Crippen molar-refractivity contribution in [1.29, 1.82) is 0 Å². The first-order valence-corrected chi connectivity index (χ1v) is 10.1. The number of para-hydroxylation sites is 1. The largest absolute Gasteiger partial charge is 0.494 e. The molecule has 0 aliphatic rings. The van der Waals surface area contributed by atoms with Gasteiger partial charge in [-0.1, -0.05) is 43.3 Å². The molecule has 2 aromatic carbocycles. The summed E-state index contributed by atoms with van der Waals surface area (Å²) in [7, 11) is 0. The van der Waals surface area contributed by atoms with E-state index in [2.05, 4.69) is 17.1 Å². The van der Waals surface area contributed by atoms with Crippen LogP contribution in [0.25, 0.3) is 17.1 Å². The molecule has 6 nitrogen and oxygen atoms in total. The lowest BCUT2D eigenvalue weighted by Gasteiger charge is -2.12. The zero-order valence-corrected chi connectivity index (χ0v) is 16.7. The second kappa shape index (κ2) is 9.41. The third-order valence-electron chi connectivity index (χ3n) is 4.16. The zero-order valence-electron chi connectivity index (χ0n) is 15.9. The van der Waals surface area contributed by atoms with Crippen LogP contribution in [0.5, 0.6) is 5.75 Å². The molecule has 1 N–H and O–H groups in total. The van der Waals surface area contributed by atoms with Crippen molar-refractivity contribution in [3.8, 4) is 22.8 Å². The predicted molar refractivity (Wildman–Crippen MR) is 110 cm³/mol. The van der Waals surface area contributed by atoms with Crippen LogP contribution >= 0.6 is 11.8 Å². The second-order valence-corrected chi connectivity index (χ2v) is 7.61. The summed E-state index contributed by atoms with van der Waals surface area (Å²) in [4.78, 5) is 11.3. The number of unbranched alkanes of at least 4 members (excludes halogenated alkanes) is 1. The van der Waals surface area contributed by atoms with Gasteiger partial charge in [0.25, 0.3) is 0 Å². The molecule has 0 spiro atoms. The number of ether oxygens (including phenoxy) is 1. The Hall–Kier alpha value is -2.80. The molecule has 0 saturated heterocycles. The summed E-state index contributed by atoms with van der Waals surface area (Å²) in [5.41, 5.74) is 1.76. The summed E-state index contributed by atoms with van der Waals surface area (Å²) in [6.45, 7) is 4.46. The van der Waals surface area contributed by atoms with Gasteiger partial charge in [-0.25, -0.2) is 0 Å². The maximum atomic E-state index is 11.3. The topological polar surface area (TPSA) is 77.2 Å². The van der Waals surface area contributed by atoms with Crippen molar-refractivity contribution in [1.82, 2.24) is 14.8 Å². The molecule has 0 bridgehead atoms. The van der Waals surface area contributed by atoms with Gasteiger partial charge in [0.1, 0.15) is 11.0 Å². The lowest BCUT2D eigenvalue weighted by Crippen LogP contribution is -2.12. The molecule has 28 heavy (non-hydrogen) atoms. The van der Waals surface area contributed by atoms with Crippen LogP contribution in [0.3, 0.4) is 0 Å². The Morgan fingerprint density at radius 1 is 1.14 bits per heavy atom. The van der Waals surface area contributed by atoms with E-state index in [4.69, 9.17) is 4.74 Å². The van der Waals surface area contributed by atoms with E-state index in [-0.39, 0.29) is 0 Å². The lowest BCUT2D eigenvalue weighted by atomic mass is 10.2. The highest BCUT2D eigenvalue weighted by Crippen LogP contribution is 2.30. The Labute approximate surface area is 168 Å². The molecule has 0 saturated carbocycles. The Morgan fingerprint density at radius 3 is 2.50 bits per heavy atom. The summed E-state index contributed by atoms with van der Waals surface area (Å²) >= 11 is 1.17. The number of carboxylic acid groups (broad SMARTS) is 1. The summed E-state index contributed by atoms with van der Waals surface area (Å²) in [5, 5.41) is 17.8. The standard InChI is InChI=1S/C21H23N3O3S/c1-3-4-14-27-18-12-10-16(11-13-18)19-22-23-21(28-15(2)20(25)26)24(19)17-8-6-5-7-9-17/h5-13,15H,3-4,14H2,1-2H3,(H,25,26). The number of aliphatic carboxylic acids is 1. The molecule has 146 valence electrons. The van der Waals surface area contributed by atoms with Gasteiger partial charge in [0.2, 0.25) is 0 Å². The molecule has 1 aromatic heterocycles. The Balaban J connectivity index is 1.94. The first kappa shape index (κ1) is 19.9. The average Bonchev–Trinajstić information content (AvgIpc) is 3.12. The number of carbonyl (C=O) groups is 1. The fourth-order valence-corrected chi connectivity index (χ4v) is 3.39. The van der Waals surface area contributed by atoms with Crippen LogP contribution in [0.4, 0.5) is 0 Å². The van der Waals surface area contributed by atoms with Crippen LogP contribution in [0.1, 0.15) is 26.7 Å². The summed E-state index contributed by atoms with van der Waals surface area (Å²) in [5.74, 6) is 0.589. The third-order valence-corrected chi connectivity index (χ3v) is 5.19. The van der Waals surface area contributed by atoms with Crippen molar-refractivity contribution in [2.75, 3.05) is 6.61 Å². The number of hydrogen-bond donors (Lipinski definition) is 1. The molecule has 3 rings (SSSR count). The van der Waals surface area contributed by atoms with Crippen molar-refractivity contribution in [3.05, 3.63) is 54.6 Å². The molecule has 0 radical (unpaired) electrons. The van der Waals surface area contributed by atoms with Gasteiger partial charge >= 0.3 is 5.97 Å². The number of thioether (sulfide) groups is 1. The van der Waals surface area contributed by atoms with Crippen molar-refractivity contribution in [2.45, 2.75) is 37.1 Å². The van der Waals surface area contributed by atoms with Crippen LogP contribution in [0.2, 0.25) is 0 Å². The van der Waals surface area contributed by atoms with Gasteiger partial charge in [0, 0.05) is 11.3 Å². The first-order chi connectivity index (χ1) is 13.6. The Bertz CT molecular complexity index is 910. The zero-order chi connectivity index (χ0) is 19.9. The van der Waals surface area contributed by atoms with Gasteiger partial charge in [0.05, 0.1) is 6.61 Å². The molecule has 7 heteroatoms. The Kier molecular flexibility index (Phi) is 6.71. The molecule has 0 aliphatic carbocycles. The van der Waals surface area contributed by atoms with Gasteiger partial charge in [-0.15, -0.1) is 10.2 Å². The molecular weight excluding hydrogens is 374 g/mol. The number of carboxylic acids is 1. The van der Waals surface area contributed by atoms with Gasteiger partial charge in [-0.3, -0.25) is 9.36 Å². The van der Waals surface area contributed by atoms with Crippen molar-refractivity contribution >= 4 is 17.7 Å². The van der Waals surface area contributed by atoms with Crippen molar-refractivity contribution in [3.63, 3.8) is 0 Å². The normalized spacial score (nSPS) is 11.9. The number of aromatic nitrogens is 3. The maximum Gasteiger partial charge on any atom is 0.316 e. The van der Waals surface area contributed by atoms with Crippen LogP contribution < -0.4 is 4.74 Å². The lowest BCUT2D eigenvalue weighted by molar-refractivity contribution is -0.136. The van der Waals surface area contributed by atoms with Crippen LogP contribution in [-0.2, 0) is 4.79 Å². The molecule has 1 unspecified atom stereocenters. The second-order valence-electron chi connectivity index (χ2n) is 6.30. The first-order valence-electron chi connectivity index (χ1n) is 9.23. The van der Waals surface area contributed by atoms with E-state index in [1.54, 1.807) is 6.92 Å². The highest BCUT2D eigenvalue weighted by atomic mass is 32.2. The quantitative estimate of drug-likeness (QED) is 0.417. The van der Waals surface area contributed by atoms with E-state index in [1.807, 2.05) is 59.2 Å². The van der Waals surface area contributed by atoms with E-state index < -0.39 is 11.2 Å². The van der Waals surface area contributed by atoms with Gasteiger partial charge in [0.15, 0.2) is 11.0 Å². The fourth-order valence-electron chi connectivity index (χ4n) is 2.59. The molecule has 1 heterocycles. The van der Waals surface area contributed by atoms with Crippen LogP contribution in [0, 0.1) is 0 Å². The third kappa shape index (κ3) is 4.72. The monoisotopic (exact) mass is 397 g/mol. The molecule has 3 aromatic rings. The van der Waals surface area contributed by atoms with E-state index >= 15 is 0 Å². The summed E-state index contributed by atoms with van der Waals surface area (Å²) in [6.07, 6.45) is 2.11. The fraction of sp³-hybridized carbons (Fsp3) is 0.286. The van der Waals surface area contributed by atoms with Crippen LogP contribution in [0.15, 0.2) is 59.8 Å². The van der Waals surface area contributed by atoms with Crippen LogP contribution in [-0.4, -0.2) is 37.7 Å². The summed E-state index contributed by atoms with van der Waals surface area (Å²) < 4.78 is 7.61. The number of benzene rings is 2. The molecular formula is C21H23N3O3S. The van der Waals surface area contributed by atoms with E-state index in [9.17, 15) is 9.90 Å². The van der Waals surface area contributed by atoms with Gasteiger partial charge < -0.3 is 9.84 Å². The van der Waals surface area contributed by atoms with E-state index in [0.29, 0.717) is 17.6 Å². The van der Waals surface area contributed by atoms with Gasteiger partial charge in [-0.2, -0.15) is 0 Å². The minimum Gasteiger partial charge on any atom is -0.494 e. The van der Waals surface area contributed by atoms with Crippen molar-refractivity contribution in [2.24, 2.45) is 0 Å². The average molecular weight is 398 g/mol. The number of hydrogen-bond acceptors (Lipinski definition) is 5. The smallest absolute Gasteiger partial charge is 0.316 e. The van der Waals surface area contributed by atoms with E-state index in [0.717, 1.165) is 29.8 Å². The number of nitrogens with zero attached hydrogens (tertiary/aromatic N) is 3. The molecule has 0 amide bonds.